The summed E-state index contributed by atoms with van der Waals surface area (Å²) in [6.07, 6.45) is 0. The number of hydrogen-bond acceptors (Lipinski definition) is 17. The molecule has 0 spiro atoms. The molecule has 78 heavy (non-hydrogen) atoms. The molecule has 374 valence electrons. The van der Waals surface area contributed by atoms with Gasteiger partial charge in [0.15, 0.2) is 33.5 Å². The van der Waals surface area contributed by atoms with E-state index in [2.05, 4.69) is 0 Å². The van der Waals surface area contributed by atoms with Crippen molar-refractivity contribution in [2.24, 2.45) is 0 Å². The number of hydrogen-bond donors (Lipinski definition) is 0. The lowest BCUT2D eigenvalue weighted by molar-refractivity contribution is 0.481. The van der Waals surface area contributed by atoms with Gasteiger partial charge in [-0.25, -0.2) is 44.9 Å². The lowest BCUT2D eigenvalue weighted by Gasteiger charge is -2.08. The highest BCUT2D eigenvalue weighted by molar-refractivity contribution is 5.83. The molecule has 17 nitrogen and oxygen atoms in total. The Bertz CT molecular complexity index is 4410. The fraction of sp³-hybridized carbons (Fsp3) is 0.0656. The van der Waals surface area contributed by atoms with Gasteiger partial charge in [-0.1, -0.05) is 30.3 Å². The average molecular weight is 1020 g/mol. The number of aryl methyl sites for hydroxylation is 4. The third kappa shape index (κ3) is 8.18. The predicted molar refractivity (Wildman–Crippen MR) is 290 cm³/mol. The molecule has 15 rings (SSSR count). The molecule has 0 aliphatic heterocycles. The van der Waals surface area contributed by atoms with Crippen LogP contribution in [-0.4, -0.2) is 44.9 Å². The molecule has 0 amide bonds. The maximum absolute atomic E-state index is 6.51. The van der Waals surface area contributed by atoms with Crippen LogP contribution >= 0.6 is 0 Å². The first-order chi connectivity index (χ1) is 38.1. The topological polar surface area (TPSA) is 213 Å². The van der Waals surface area contributed by atoms with E-state index in [1.807, 2.05) is 119 Å². The van der Waals surface area contributed by atoms with E-state index in [1.165, 1.54) is 0 Å². The number of pyridine rings is 3. The summed E-state index contributed by atoms with van der Waals surface area (Å²) in [4.78, 5) is 43.3. The molecule has 0 unspecified atom stereocenters. The second kappa shape index (κ2) is 17.4. The van der Waals surface area contributed by atoms with Crippen LogP contribution in [0.15, 0.2) is 178 Å². The fourth-order valence-electron chi connectivity index (χ4n) is 9.26. The molecule has 0 saturated carbocycles. The summed E-state index contributed by atoms with van der Waals surface area (Å²) < 4.78 is 50.2. The Hall–Kier alpha value is -10.8. The van der Waals surface area contributed by atoms with Crippen LogP contribution in [0.3, 0.4) is 0 Å². The number of benzene rings is 6. The summed E-state index contributed by atoms with van der Waals surface area (Å²) in [5.41, 5.74) is 14.5. The minimum absolute atomic E-state index is 0.290. The maximum Gasteiger partial charge on any atom is 0.246 e. The van der Waals surface area contributed by atoms with E-state index in [-0.39, 0.29) is 0 Å². The van der Waals surface area contributed by atoms with Crippen molar-refractivity contribution in [2.75, 3.05) is 0 Å². The van der Waals surface area contributed by atoms with Crippen molar-refractivity contribution in [1.29, 1.82) is 0 Å². The van der Waals surface area contributed by atoms with E-state index < -0.39 is 0 Å². The second-order valence-corrected chi connectivity index (χ2v) is 19.0. The van der Waals surface area contributed by atoms with E-state index in [4.69, 9.17) is 80.8 Å². The zero-order valence-corrected chi connectivity index (χ0v) is 41.7. The lowest BCUT2D eigenvalue weighted by atomic mass is 10.2. The first kappa shape index (κ1) is 44.7. The molecule has 0 radical (unpaired) electrons. The molecule has 15 aromatic rings. The fourth-order valence-corrected chi connectivity index (χ4v) is 9.26. The molecule has 0 aliphatic rings. The van der Waals surface area contributed by atoms with Gasteiger partial charge in [0.25, 0.3) is 0 Å². The van der Waals surface area contributed by atoms with Gasteiger partial charge in [0.2, 0.25) is 35.3 Å². The second-order valence-electron chi connectivity index (χ2n) is 19.0. The largest absolute Gasteiger partial charge is 0.457 e. The first-order valence-electron chi connectivity index (χ1n) is 24.8. The Morgan fingerprint density at radius 2 is 0.500 bits per heavy atom. The van der Waals surface area contributed by atoms with Crippen LogP contribution in [0.5, 0.6) is 23.0 Å². The minimum atomic E-state index is 0.290. The van der Waals surface area contributed by atoms with Gasteiger partial charge < -0.3 is 36.0 Å². The SMILES string of the molecule is Cc1ccc2oc(-c3cc(Oc4ccc5oc(-c6cccc(-c7nc8cc(Oc9cc(-c%10nc%11cc(C)ccc%11o%10)nc(-c%10nc%11cc(C)ccc%11o%10)c9)ccc8o7)n6)nc5c4)cc(-c4nc5cc(C)ccc5o4)n3)nc2c1. The molecule has 9 heterocycles. The highest BCUT2D eigenvalue weighted by Gasteiger charge is 2.22. The third-order valence-corrected chi connectivity index (χ3v) is 13.0. The Kier molecular flexibility index (Phi) is 9.95. The van der Waals surface area contributed by atoms with E-state index >= 15 is 0 Å². The highest BCUT2D eigenvalue weighted by atomic mass is 16.5. The number of nitrogens with zero attached hydrogens (tertiary/aromatic N) is 9. The van der Waals surface area contributed by atoms with Gasteiger partial charge >= 0.3 is 0 Å². The van der Waals surface area contributed by atoms with Crippen LogP contribution in [0.1, 0.15) is 22.3 Å². The molecule has 0 N–H and O–H groups in total. The number of aromatic nitrogens is 9. The highest BCUT2D eigenvalue weighted by Crippen LogP contribution is 2.38. The third-order valence-electron chi connectivity index (χ3n) is 13.0. The van der Waals surface area contributed by atoms with E-state index in [1.54, 1.807) is 60.7 Å². The molecule has 9 aromatic heterocycles. The van der Waals surface area contributed by atoms with Gasteiger partial charge in [-0.3, -0.25) is 0 Å². The molecule has 0 saturated heterocycles. The van der Waals surface area contributed by atoms with Crippen LogP contribution < -0.4 is 9.47 Å². The monoisotopic (exact) mass is 1020 g/mol. The predicted octanol–water partition coefficient (Wildman–Crippen LogP) is 15.5. The number of fused-ring (bicyclic) bond motifs is 6. The van der Waals surface area contributed by atoms with Crippen LogP contribution in [0, 0.1) is 27.7 Å². The lowest BCUT2D eigenvalue weighted by Crippen LogP contribution is -1.93. The number of rotatable bonds is 10. The minimum Gasteiger partial charge on any atom is -0.457 e. The molecule has 0 atom stereocenters. The molecule has 6 aromatic carbocycles. The van der Waals surface area contributed by atoms with Crippen LogP contribution in [0.25, 0.3) is 136 Å². The Morgan fingerprint density at radius 1 is 0.244 bits per heavy atom. The molecule has 0 bridgehead atoms. The van der Waals surface area contributed by atoms with Crippen LogP contribution in [-0.2, 0) is 0 Å². The zero-order chi connectivity index (χ0) is 52.2. The maximum atomic E-state index is 6.51. The summed E-state index contributed by atoms with van der Waals surface area (Å²) >= 11 is 0. The molecule has 0 aliphatic carbocycles. The molecule has 17 heteroatoms. The normalized spacial score (nSPS) is 11.8. The van der Waals surface area contributed by atoms with Gasteiger partial charge in [-0.2, -0.15) is 0 Å². The van der Waals surface area contributed by atoms with Gasteiger partial charge in [0, 0.05) is 36.4 Å². The number of ether oxygens (including phenoxy) is 2. The van der Waals surface area contributed by atoms with Gasteiger partial charge in [-0.05, 0) is 135 Å². The smallest absolute Gasteiger partial charge is 0.246 e. The average Bonchev–Trinajstić information content (AvgIpc) is 4.37. The van der Waals surface area contributed by atoms with Gasteiger partial charge in [0.1, 0.15) is 90.3 Å². The standard InChI is InChI=1S/C61H37N9O8/c1-30-8-14-50-40(20-30)65-58(75-50)46-26-36(27-47(63-46)59-66-41-21-31(2)9-15-51(41)76-59)71-34-12-18-54-44(24-34)69-56(73-54)38-6-5-7-39(62-38)57-70-45-25-35(13-19-55(45)74-57)72-37-28-48(60-67-42-22-32(3)10-16-52(42)77-60)64-49(29-37)61-68-43-23-33(4)11-17-53(43)78-61/h5-29H,1-4H3. The van der Waals surface area contributed by atoms with Crippen molar-refractivity contribution in [1.82, 2.24) is 44.9 Å². The number of oxazole rings is 6. The quantitative estimate of drug-likeness (QED) is 0.124. The van der Waals surface area contributed by atoms with Crippen LogP contribution in [0.4, 0.5) is 0 Å². The van der Waals surface area contributed by atoms with E-state index in [0.29, 0.717) is 159 Å². The van der Waals surface area contributed by atoms with Crippen molar-refractivity contribution in [3.63, 3.8) is 0 Å². The van der Waals surface area contributed by atoms with Crippen molar-refractivity contribution < 1.29 is 36.0 Å². The van der Waals surface area contributed by atoms with Gasteiger partial charge in [0.05, 0.1) is 0 Å². The summed E-state index contributed by atoms with van der Waals surface area (Å²) in [7, 11) is 0. The Balaban J connectivity index is 0.713. The summed E-state index contributed by atoms with van der Waals surface area (Å²) in [6, 6.07) is 46.6. The molecule has 0 fully saturated rings. The Morgan fingerprint density at radius 3 is 0.808 bits per heavy atom. The summed E-state index contributed by atoms with van der Waals surface area (Å²) in [5, 5.41) is 0. The van der Waals surface area contributed by atoms with Crippen molar-refractivity contribution in [3.8, 4) is 92.5 Å². The van der Waals surface area contributed by atoms with Crippen LogP contribution in [0.2, 0.25) is 0 Å². The van der Waals surface area contributed by atoms with E-state index in [0.717, 1.165) is 22.3 Å². The Labute approximate surface area is 439 Å². The summed E-state index contributed by atoms with van der Waals surface area (Å²) in [5.74, 6) is 3.74. The first-order valence-corrected chi connectivity index (χ1v) is 24.8. The zero-order valence-electron chi connectivity index (χ0n) is 41.7. The molecular formula is C61H37N9O8. The van der Waals surface area contributed by atoms with Gasteiger partial charge in [-0.15, -0.1) is 0 Å². The van der Waals surface area contributed by atoms with Crippen molar-refractivity contribution in [2.45, 2.75) is 27.7 Å². The van der Waals surface area contributed by atoms with E-state index in [9.17, 15) is 0 Å². The molecular weight excluding hydrogens is 987 g/mol. The van der Waals surface area contributed by atoms with Crippen molar-refractivity contribution in [3.05, 3.63) is 174 Å². The van der Waals surface area contributed by atoms with Crippen molar-refractivity contribution >= 4 is 66.6 Å². The summed E-state index contributed by atoms with van der Waals surface area (Å²) in [6.45, 7) is 8.02.